The highest BCUT2D eigenvalue weighted by Crippen LogP contribution is 2.40. The number of hydrogen-bond donors (Lipinski definition) is 0. The van der Waals surface area contributed by atoms with Crippen LogP contribution < -0.4 is 0 Å². The molecular formula is C11H7BrF3NO2S. The van der Waals surface area contributed by atoms with Crippen LogP contribution in [0.4, 0.5) is 13.2 Å². The Morgan fingerprint density at radius 2 is 2.16 bits per heavy atom. The molecule has 0 bridgehead atoms. The summed E-state index contributed by atoms with van der Waals surface area (Å²) in [5, 5.41) is 9.00. The molecule has 3 nitrogen and oxygen atoms in total. The lowest BCUT2D eigenvalue weighted by Crippen LogP contribution is -2.08. The molecule has 0 saturated heterocycles. The van der Waals surface area contributed by atoms with Gasteiger partial charge in [-0.05, 0) is 29.5 Å². The van der Waals surface area contributed by atoms with Crippen molar-refractivity contribution in [2.75, 3.05) is 7.11 Å². The fourth-order valence-corrected chi connectivity index (χ4v) is 2.45. The van der Waals surface area contributed by atoms with Crippen LogP contribution in [0.25, 0.3) is 0 Å². The minimum absolute atomic E-state index is 0.179. The van der Waals surface area contributed by atoms with Gasteiger partial charge in [0.15, 0.2) is 0 Å². The zero-order chi connectivity index (χ0) is 14.6. The zero-order valence-corrected chi connectivity index (χ0v) is 11.9. The summed E-state index contributed by atoms with van der Waals surface area (Å²) in [6.07, 6.45) is -0.272. The van der Waals surface area contributed by atoms with Crippen LogP contribution in [0.5, 0.6) is 0 Å². The molecule has 0 aliphatic heterocycles. The van der Waals surface area contributed by atoms with Gasteiger partial charge in [0.1, 0.15) is 6.07 Å². The van der Waals surface area contributed by atoms with E-state index < -0.39 is 11.5 Å². The molecule has 19 heavy (non-hydrogen) atoms. The number of carbonyl (C=O) groups is 1. The summed E-state index contributed by atoms with van der Waals surface area (Å²) in [5.41, 5.74) is -4.49. The Balaban J connectivity index is 3.26. The quantitative estimate of drug-likeness (QED) is 0.614. The number of nitriles is 1. The molecule has 0 radical (unpaired) electrons. The molecule has 0 aromatic heterocycles. The number of esters is 1. The predicted molar refractivity (Wildman–Crippen MR) is 66.5 cm³/mol. The van der Waals surface area contributed by atoms with Crippen LogP contribution >= 0.6 is 27.7 Å². The second kappa shape index (κ2) is 6.30. The van der Waals surface area contributed by atoms with Gasteiger partial charge in [0.2, 0.25) is 0 Å². The Kier molecular flexibility index (Phi) is 5.26. The van der Waals surface area contributed by atoms with E-state index in [0.29, 0.717) is 4.47 Å². The third-order valence-corrected chi connectivity index (χ3v) is 3.64. The van der Waals surface area contributed by atoms with E-state index in [1.807, 2.05) is 0 Å². The summed E-state index contributed by atoms with van der Waals surface area (Å²) >= 11 is 2.72. The van der Waals surface area contributed by atoms with Gasteiger partial charge in [-0.2, -0.15) is 18.4 Å². The number of benzene rings is 1. The molecule has 0 atom stereocenters. The SMILES string of the molecule is COC(=O)Cc1c(Br)ccc(SC(F)(F)F)c1C#N. The van der Waals surface area contributed by atoms with Crippen molar-refractivity contribution >= 4 is 33.7 Å². The Hall–Kier alpha value is -1.20. The topological polar surface area (TPSA) is 50.1 Å². The molecule has 0 unspecified atom stereocenters. The highest BCUT2D eigenvalue weighted by molar-refractivity contribution is 9.10. The van der Waals surface area contributed by atoms with Crippen LogP contribution in [0.2, 0.25) is 0 Å². The number of nitrogens with zero attached hydrogens (tertiary/aromatic N) is 1. The maximum Gasteiger partial charge on any atom is 0.446 e. The Morgan fingerprint density at radius 3 is 2.63 bits per heavy atom. The van der Waals surface area contributed by atoms with Gasteiger partial charge in [-0.25, -0.2) is 0 Å². The molecule has 0 spiro atoms. The average molecular weight is 354 g/mol. The van der Waals surface area contributed by atoms with Crippen molar-refractivity contribution in [1.82, 2.24) is 0 Å². The van der Waals surface area contributed by atoms with Gasteiger partial charge in [-0.1, -0.05) is 15.9 Å². The molecule has 0 fully saturated rings. The lowest BCUT2D eigenvalue weighted by atomic mass is 10.1. The monoisotopic (exact) mass is 353 g/mol. The van der Waals surface area contributed by atoms with Crippen molar-refractivity contribution in [2.24, 2.45) is 0 Å². The fourth-order valence-electron chi connectivity index (χ4n) is 1.32. The van der Waals surface area contributed by atoms with Gasteiger partial charge < -0.3 is 4.74 Å². The smallest absolute Gasteiger partial charge is 0.446 e. The Labute approximate surface area is 119 Å². The number of hydrogen-bond acceptors (Lipinski definition) is 4. The molecule has 1 aromatic carbocycles. The van der Waals surface area contributed by atoms with E-state index in [1.165, 1.54) is 12.1 Å². The molecule has 0 aliphatic carbocycles. The first-order chi connectivity index (χ1) is 8.78. The number of methoxy groups -OCH3 is 1. The van der Waals surface area contributed by atoms with Crippen molar-refractivity contribution in [2.45, 2.75) is 16.8 Å². The summed E-state index contributed by atoms with van der Waals surface area (Å²) in [7, 11) is 1.16. The maximum atomic E-state index is 12.4. The first kappa shape index (κ1) is 15.9. The first-order valence-corrected chi connectivity index (χ1v) is 6.43. The minimum atomic E-state index is -4.50. The van der Waals surface area contributed by atoms with E-state index in [2.05, 4.69) is 20.7 Å². The largest absolute Gasteiger partial charge is 0.469 e. The number of rotatable bonds is 3. The van der Waals surface area contributed by atoms with Crippen LogP contribution in [0, 0.1) is 11.3 Å². The molecule has 1 rings (SSSR count). The molecule has 8 heteroatoms. The number of alkyl halides is 3. The van der Waals surface area contributed by atoms with Crippen LogP contribution in [0.1, 0.15) is 11.1 Å². The van der Waals surface area contributed by atoms with Crippen molar-refractivity contribution in [3.63, 3.8) is 0 Å². The zero-order valence-electron chi connectivity index (χ0n) is 9.55. The molecule has 0 heterocycles. The van der Waals surface area contributed by atoms with Gasteiger partial charge in [0.25, 0.3) is 0 Å². The minimum Gasteiger partial charge on any atom is -0.469 e. The van der Waals surface area contributed by atoms with Gasteiger partial charge >= 0.3 is 11.5 Å². The molecular weight excluding hydrogens is 347 g/mol. The molecule has 0 aliphatic rings. The number of halogens is 4. The van der Waals surface area contributed by atoms with Gasteiger partial charge in [-0.15, -0.1) is 0 Å². The summed E-state index contributed by atoms with van der Waals surface area (Å²) in [4.78, 5) is 11.0. The third-order valence-electron chi connectivity index (χ3n) is 2.10. The van der Waals surface area contributed by atoms with E-state index in [-0.39, 0.29) is 34.2 Å². The third kappa shape index (κ3) is 4.44. The predicted octanol–water partition coefficient (Wildman–Crippen LogP) is 3.65. The second-order valence-corrected chi connectivity index (χ2v) is 5.27. The molecule has 102 valence electrons. The Bertz CT molecular complexity index is 540. The van der Waals surface area contributed by atoms with Crippen molar-refractivity contribution < 1.29 is 22.7 Å². The van der Waals surface area contributed by atoms with E-state index >= 15 is 0 Å². The van der Waals surface area contributed by atoms with Crippen LogP contribution in [-0.4, -0.2) is 18.6 Å². The number of thioether (sulfide) groups is 1. The van der Waals surface area contributed by atoms with E-state index in [4.69, 9.17) is 5.26 Å². The van der Waals surface area contributed by atoms with E-state index in [9.17, 15) is 18.0 Å². The highest BCUT2D eigenvalue weighted by atomic mass is 79.9. The lowest BCUT2D eigenvalue weighted by molar-refractivity contribution is -0.139. The van der Waals surface area contributed by atoms with Gasteiger partial charge in [-0.3, -0.25) is 4.79 Å². The first-order valence-electron chi connectivity index (χ1n) is 4.82. The van der Waals surface area contributed by atoms with Gasteiger partial charge in [0.05, 0.1) is 19.1 Å². The number of carbonyl (C=O) groups excluding carboxylic acids is 1. The van der Waals surface area contributed by atoms with Gasteiger partial charge in [0, 0.05) is 9.37 Å². The second-order valence-electron chi connectivity index (χ2n) is 3.31. The van der Waals surface area contributed by atoms with Crippen molar-refractivity contribution in [3.8, 4) is 6.07 Å². The fraction of sp³-hybridized carbons (Fsp3) is 0.273. The molecule has 0 saturated carbocycles. The molecule has 0 amide bonds. The summed E-state index contributed by atoms with van der Waals surface area (Å²) in [6, 6.07) is 4.25. The highest BCUT2D eigenvalue weighted by Gasteiger charge is 2.31. The Morgan fingerprint density at radius 1 is 1.53 bits per heavy atom. The molecule has 0 N–H and O–H groups in total. The lowest BCUT2D eigenvalue weighted by Gasteiger charge is -2.12. The van der Waals surface area contributed by atoms with Crippen LogP contribution in [-0.2, 0) is 16.0 Å². The van der Waals surface area contributed by atoms with Crippen LogP contribution in [0.15, 0.2) is 21.5 Å². The van der Waals surface area contributed by atoms with Crippen LogP contribution in [0.3, 0.4) is 0 Å². The standard InChI is InChI=1S/C11H7BrF3NO2S/c1-18-10(17)4-6-7(5-16)9(3-2-8(6)12)19-11(13,14)15/h2-3H,4H2,1H3. The molecule has 1 aromatic rings. The summed E-state index contributed by atoms with van der Waals surface area (Å²) < 4.78 is 41.9. The summed E-state index contributed by atoms with van der Waals surface area (Å²) in [6.45, 7) is 0. The van der Waals surface area contributed by atoms with Crippen molar-refractivity contribution in [3.05, 3.63) is 27.7 Å². The average Bonchev–Trinajstić information content (AvgIpc) is 2.31. The van der Waals surface area contributed by atoms with E-state index in [1.54, 1.807) is 6.07 Å². The van der Waals surface area contributed by atoms with Crippen molar-refractivity contribution in [1.29, 1.82) is 5.26 Å². The number of ether oxygens (including phenoxy) is 1. The normalized spacial score (nSPS) is 10.9. The summed E-state index contributed by atoms with van der Waals surface area (Å²) in [5.74, 6) is -0.633. The maximum absolute atomic E-state index is 12.4. The van der Waals surface area contributed by atoms with E-state index in [0.717, 1.165) is 7.11 Å².